The smallest absolute Gasteiger partial charge is 0.246 e. The molecule has 16 heavy (non-hydrogen) atoms. The number of likely N-dealkylation sites (N-methyl/N-ethyl adjacent to an activating group) is 1. The molecule has 5 heteroatoms. The lowest BCUT2D eigenvalue weighted by Gasteiger charge is -2.28. The van der Waals surface area contributed by atoms with Crippen LogP contribution in [0.4, 0.5) is 0 Å². The largest absolute Gasteiger partial charge is 0.341 e. The maximum Gasteiger partial charge on any atom is 0.246 e. The summed E-state index contributed by atoms with van der Waals surface area (Å²) in [6.07, 6.45) is 3.14. The van der Waals surface area contributed by atoms with E-state index in [0.717, 1.165) is 32.7 Å². The Morgan fingerprint density at radius 3 is 2.75 bits per heavy atom. The molecular weight excluding hydrogens is 206 g/mol. The van der Waals surface area contributed by atoms with Gasteiger partial charge in [-0.2, -0.15) is 0 Å². The van der Waals surface area contributed by atoms with Gasteiger partial charge in [-0.3, -0.25) is 14.5 Å². The summed E-state index contributed by atoms with van der Waals surface area (Å²) in [7, 11) is 1.75. The predicted molar refractivity (Wildman–Crippen MR) is 62.2 cm³/mol. The highest BCUT2D eigenvalue weighted by molar-refractivity contribution is 5.90. The lowest BCUT2D eigenvalue weighted by molar-refractivity contribution is -0.125. The average Bonchev–Trinajstić information content (AvgIpc) is 2.34. The number of carbonyl (C=O) groups excluding carboxylic acids is 2. The Labute approximate surface area is 96.1 Å². The van der Waals surface area contributed by atoms with Crippen molar-refractivity contribution in [3.63, 3.8) is 0 Å². The van der Waals surface area contributed by atoms with E-state index in [1.807, 2.05) is 0 Å². The molecule has 1 heterocycles. The Morgan fingerprint density at radius 1 is 1.44 bits per heavy atom. The standard InChI is InChI=1S/C11H19N3O2/c1-13(11(16)3-2-10-15)8-9-14-6-4-12-5-7-14/h2-3,10,12H,4-9H2,1H3/b3-2-. The molecule has 0 spiro atoms. The van der Waals surface area contributed by atoms with Crippen molar-refractivity contribution in [1.29, 1.82) is 0 Å². The van der Waals surface area contributed by atoms with Gasteiger partial charge in [0.15, 0.2) is 0 Å². The third-order valence-corrected chi connectivity index (χ3v) is 2.65. The zero-order valence-electron chi connectivity index (χ0n) is 9.69. The fraction of sp³-hybridized carbons (Fsp3) is 0.636. The van der Waals surface area contributed by atoms with Crippen molar-refractivity contribution in [2.45, 2.75) is 0 Å². The van der Waals surface area contributed by atoms with E-state index in [9.17, 15) is 9.59 Å². The minimum atomic E-state index is -0.123. The molecule has 1 N–H and O–H groups in total. The van der Waals surface area contributed by atoms with Crippen molar-refractivity contribution in [3.8, 4) is 0 Å². The monoisotopic (exact) mass is 225 g/mol. The summed E-state index contributed by atoms with van der Waals surface area (Å²) in [4.78, 5) is 25.4. The Hall–Kier alpha value is -1.20. The molecule has 1 aliphatic rings. The van der Waals surface area contributed by atoms with E-state index in [2.05, 4.69) is 10.2 Å². The van der Waals surface area contributed by atoms with Gasteiger partial charge in [0.25, 0.3) is 0 Å². The van der Waals surface area contributed by atoms with Crippen LogP contribution in [0.15, 0.2) is 12.2 Å². The first-order chi connectivity index (χ1) is 7.74. The van der Waals surface area contributed by atoms with Crippen molar-refractivity contribution in [1.82, 2.24) is 15.1 Å². The second-order valence-electron chi connectivity index (χ2n) is 3.85. The molecule has 1 rings (SSSR count). The summed E-state index contributed by atoms with van der Waals surface area (Å²) in [5, 5.41) is 3.28. The predicted octanol–water partition coefficient (Wildman–Crippen LogP) is -0.895. The van der Waals surface area contributed by atoms with Gasteiger partial charge in [-0.15, -0.1) is 0 Å². The van der Waals surface area contributed by atoms with Crippen molar-refractivity contribution in [2.75, 3.05) is 46.3 Å². The van der Waals surface area contributed by atoms with Crippen molar-refractivity contribution < 1.29 is 9.59 Å². The Bertz CT molecular complexity index is 260. The van der Waals surface area contributed by atoms with E-state index in [0.29, 0.717) is 12.8 Å². The molecule has 0 atom stereocenters. The molecule has 0 aromatic rings. The molecule has 1 fully saturated rings. The summed E-state index contributed by atoms with van der Waals surface area (Å²) in [6.45, 7) is 5.69. The molecule has 1 aliphatic heterocycles. The first-order valence-corrected chi connectivity index (χ1v) is 5.54. The maximum atomic E-state index is 11.4. The van der Waals surface area contributed by atoms with Gasteiger partial charge in [-0.25, -0.2) is 0 Å². The highest BCUT2D eigenvalue weighted by Gasteiger charge is 2.11. The second kappa shape index (κ2) is 7.14. The number of aldehydes is 1. The number of rotatable bonds is 5. The molecule has 0 aliphatic carbocycles. The third-order valence-electron chi connectivity index (χ3n) is 2.65. The number of amides is 1. The SMILES string of the molecule is CN(CCN1CCNCC1)C(=O)/C=C\C=O. The summed E-state index contributed by atoms with van der Waals surface area (Å²) in [5.41, 5.74) is 0. The minimum absolute atomic E-state index is 0.123. The molecule has 1 saturated heterocycles. The highest BCUT2D eigenvalue weighted by atomic mass is 16.2. The Kier molecular flexibility index (Phi) is 5.74. The lowest BCUT2D eigenvalue weighted by Crippen LogP contribution is -2.46. The summed E-state index contributed by atoms with van der Waals surface area (Å²) < 4.78 is 0. The highest BCUT2D eigenvalue weighted by Crippen LogP contribution is 1.94. The summed E-state index contributed by atoms with van der Waals surface area (Å²) in [6, 6.07) is 0. The van der Waals surface area contributed by atoms with E-state index in [4.69, 9.17) is 0 Å². The molecule has 0 unspecified atom stereocenters. The van der Waals surface area contributed by atoms with Crippen molar-refractivity contribution in [3.05, 3.63) is 12.2 Å². The van der Waals surface area contributed by atoms with Crippen LogP contribution in [-0.4, -0.2) is 68.3 Å². The second-order valence-corrected chi connectivity index (χ2v) is 3.85. The average molecular weight is 225 g/mol. The van der Waals surface area contributed by atoms with Crippen LogP contribution < -0.4 is 5.32 Å². The summed E-state index contributed by atoms with van der Waals surface area (Å²) >= 11 is 0. The van der Waals surface area contributed by atoms with Crippen molar-refractivity contribution in [2.24, 2.45) is 0 Å². The number of allylic oxidation sites excluding steroid dienone is 1. The summed E-state index contributed by atoms with van der Waals surface area (Å²) in [5.74, 6) is -0.123. The molecule has 0 aromatic heterocycles. The normalized spacial score (nSPS) is 17.6. The number of piperazine rings is 1. The lowest BCUT2D eigenvalue weighted by atomic mass is 10.3. The number of nitrogens with one attached hydrogen (secondary N) is 1. The number of carbonyl (C=O) groups is 2. The van der Waals surface area contributed by atoms with E-state index in [1.54, 1.807) is 11.9 Å². The van der Waals surface area contributed by atoms with Crippen LogP contribution in [0.2, 0.25) is 0 Å². The van der Waals surface area contributed by atoms with Gasteiger partial charge in [0.2, 0.25) is 5.91 Å². The first-order valence-electron chi connectivity index (χ1n) is 5.54. The van der Waals surface area contributed by atoms with E-state index in [1.165, 1.54) is 12.2 Å². The van der Waals surface area contributed by atoms with Gasteiger partial charge in [0, 0.05) is 52.4 Å². The molecule has 0 saturated carbocycles. The van der Waals surface area contributed by atoms with Gasteiger partial charge in [-0.1, -0.05) is 0 Å². The van der Waals surface area contributed by atoms with Crippen LogP contribution in [-0.2, 0) is 9.59 Å². The van der Waals surface area contributed by atoms with Gasteiger partial charge in [0.1, 0.15) is 6.29 Å². The van der Waals surface area contributed by atoms with Crippen LogP contribution in [0.5, 0.6) is 0 Å². The zero-order valence-corrected chi connectivity index (χ0v) is 9.69. The topological polar surface area (TPSA) is 52.6 Å². The molecule has 0 radical (unpaired) electrons. The first kappa shape index (κ1) is 12.9. The number of nitrogens with zero attached hydrogens (tertiary/aromatic N) is 2. The zero-order chi connectivity index (χ0) is 11.8. The van der Waals surface area contributed by atoms with Gasteiger partial charge in [-0.05, 0) is 6.08 Å². The van der Waals surface area contributed by atoms with Crippen LogP contribution in [0.3, 0.4) is 0 Å². The quantitative estimate of drug-likeness (QED) is 0.487. The van der Waals surface area contributed by atoms with Gasteiger partial charge < -0.3 is 10.2 Å². The Morgan fingerprint density at radius 2 is 2.12 bits per heavy atom. The van der Waals surface area contributed by atoms with Crippen LogP contribution in [0.1, 0.15) is 0 Å². The van der Waals surface area contributed by atoms with Crippen molar-refractivity contribution >= 4 is 12.2 Å². The fourth-order valence-electron chi connectivity index (χ4n) is 1.59. The van der Waals surface area contributed by atoms with Gasteiger partial charge in [0.05, 0.1) is 0 Å². The van der Waals surface area contributed by atoms with Crippen LogP contribution >= 0.6 is 0 Å². The molecule has 0 aromatic carbocycles. The van der Waals surface area contributed by atoms with E-state index in [-0.39, 0.29) is 5.91 Å². The fourth-order valence-corrected chi connectivity index (χ4v) is 1.59. The molecule has 1 amide bonds. The van der Waals surface area contributed by atoms with Crippen LogP contribution in [0.25, 0.3) is 0 Å². The van der Waals surface area contributed by atoms with Crippen LogP contribution in [0, 0.1) is 0 Å². The molecule has 5 nitrogen and oxygen atoms in total. The molecule has 0 bridgehead atoms. The number of hydrogen-bond donors (Lipinski definition) is 1. The number of hydrogen-bond acceptors (Lipinski definition) is 4. The molecule has 90 valence electrons. The Balaban J connectivity index is 2.22. The molecular formula is C11H19N3O2. The van der Waals surface area contributed by atoms with Gasteiger partial charge >= 0.3 is 0 Å². The van der Waals surface area contributed by atoms with E-state index < -0.39 is 0 Å². The minimum Gasteiger partial charge on any atom is -0.341 e. The maximum absolute atomic E-state index is 11.4. The third kappa shape index (κ3) is 4.55. The van der Waals surface area contributed by atoms with E-state index >= 15 is 0 Å².